The number of pyridine rings is 1. The van der Waals surface area contributed by atoms with E-state index in [-0.39, 0.29) is 5.91 Å². The largest absolute Gasteiger partial charge is 0.354 e. The highest BCUT2D eigenvalue weighted by Crippen LogP contribution is 2.33. The van der Waals surface area contributed by atoms with E-state index in [1.807, 2.05) is 36.0 Å². The number of amides is 1. The van der Waals surface area contributed by atoms with Gasteiger partial charge in [-0.15, -0.1) is 11.3 Å². The lowest BCUT2D eigenvalue weighted by Gasteiger charge is -2.01. The van der Waals surface area contributed by atoms with E-state index in [2.05, 4.69) is 16.4 Å². The SMILES string of the molecule is CNC(=O)c1ccc(-c2ccnc3c2ccn3C)s1. The molecule has 0 aliphatic heterocycles. The molecule has 0 aliphatic carbocycles. The highest BCUT2D eigenvalue weighted by atomic mass is 32.1. The second-order valence-electron chi connectivity index (χ2n) is 4.27. The predicted octanol–water partition coefficient (Wildman–Crippen LogP) is 2.66. The average Bonchev–Trinajstić information content (AvgIpc) is 3.05. The lowest BCUT2D eigenvalue weighted by Crippen LogP contribution is -2.15. The number of aryl methyl sites for hydroxylation is 1. The first-order valence-electron chi connectivity index (χ1n) is 5.93. The maximum Gasteiger partial charge on any atom is 0.261 e. The van der Waals surface area contributed by atoms with Crippen LogP contribution < -0.4 is 5.32 Å². The number of carbonyl (C=O) groups excluding carboxylic acids is 1. The van der Waals surface area contributed by atoms with E-state index < -0.39 is 0 Å². The van der Waals surface area contributed by atoms with Crippen LogP contribution in [0.4, 0.5) is 0 Å². The maximum absolute atomic E-state index is 11.6. The van der Waals surface area contributed by atoms with E-state index >= 15 is 0 Å². The molecular weight excluding hydrogens is 258 g/mol. The van der Waals surface area contributed by atoms with E-state index in [0.717, 1.165) is 26.4 Å². The van der Waals surface area contributed by atoms with Crippen LogP contribution in [-0.4, -0.2) is 22.5 Å². The monoisotopic (exact) mass is 271 g/mol. The Labute approximate surface area is 114 Å². The Morgan fingerprint density at radius 3 is 2.95 bits per heavy atom. The third-order valence-electron chi connectivity index (χ3n) is 3.09. The Kier molecular flexibility index (Phi) is 2.83. The third kappa shape index (κ3) is 1.92. The fourth-order valence-electron chi connectivity index (χ4n) is 2.11. The molecule has 5 heteroatoms. The van der Waals surface area contributed by atoms with Gasteiger partial charge in [-0.25, -0.2) is 4.98 Å². The highest BCUT2D eigenvalue weighted by molar-refractivity contribution is 7.17. The van der Waals surface area contributed by atoms with Crippen LogP contribution in [0.5, 0.6) is 0 Å². The zero-order valence-corrected chi connectivity index (χ0v) is 11.5. The first-order valence-corrected chi connectivity index (χ1v) is 6.74. The normalized spacial score (nSPS) is 10.8. The van der Waals surface area contributed by atoms with Crippen molar-refractivity contribution in [2.75, 3.05) is 7.05 Å². The molecule has 0 aliphatic rings. The number of hydrogen-bond donors (Lipinski definition) is 1. The maximum atomic E-state index is 11.6. The van der Waals surface area contributed by atoms with Gasteiger partial charge in [-0.1, -0.05) is 0 Å². The molecule has 0 spiro atoms. The summed E-state index contributed by atoms with van der Waals surface area (Å²) in [6.45, 7) is 0. The minimum atomic E-state index is -0.0467. The van der Waals surface area contributed by atoms with E-state index in [0.29, 0.717) is 0 Å². The predicted molar refractivity (Wildman–Crippen MR) is 77.4 cm³/mol. The fraction of sp³-hybridized carbons (Fsp3) is 0.143. The van der Waals surface area contributed by atoms with Crippen LogP contribution in [0.3, 0.4) is 0 Å². The Morgan fingerprint density at radius 1 is 1.32 bits per heavy atom. The van der Waals surface area contributed by atoms with Crippen LogP contribution in [-0.2, 0) is 7.05 Å². The van der Waals surface area contributed by atoms with Crippen molar-refractivity contribution in [3.05, 3.63) is 41.5 Å². The molecular formula is C14H13N3OS. The number of thiophene rings is 1. The van der Waals surface area contributed by atoms with Crippen molar-refractivity contribution in [1.82, 2.24) is 14.9 Å². The summed E-state index contributed by atoms with van der Waals surface area (Å²) in [4.78, 5) is 17.8. The number of aromatic nitrogens is 2. The van der Waals surface area contributed by atoms with Crippen molar-refractivity contribution in [2.45, 2.75) is 0 Å². The van der Waals surface area contributed by atoms with Crippen molar-refractivity contribution < 1.29 is 4.79 Å². The summed E-state index contributed by atoms with van der Waals surface area (Å²) in [7, 11) is 3.62. The standard InChI is InChI=1S/C14H13N3OS/c1-15-14(18)12-4-3-11(19-12)9-5-7-16-13-10(9)6-8-17(13)2/h3-8H,1-2H3,(H,15,18). The van der Waals surface area contributed by atoms with E-state index in [4.69, 9.17) is 0 Å². The van der Waals surface area contributed by atoms with Crippen molar-refractivity contribution in [3.8, 4) is 10.4 Å². The molecule has 3 rings (SSSR count). The van der Waals surface area contributed by atoms with E-state index in [1.165, 1.54) is 11.3 Å². The first-order chi connectivity index (χ1) is 9.20. The fourth-order valence-corrected chi connectivity index (χ4v) is 3.10. The lowest BCUT2D eigenvalue weighted by atomic mass is 10.1. The summed E-state index contributed by atoms with van der Waals surface area (Å²) in [5.41, 5.74) is 2.07. The van der Waals surface area contributed by atoms with Crippen LogP contribution in [0.25, 0.3) is 21.5 Å². The summed E-state index contributed by atoms with van der Waals surface area (Å²) in [6.07, 6.45) is 3.80. The van der Waals surface area contributed by atoms with Gasteiger partial charge in [0.2, 0.25) is 0 Å². The molecule has 0 fully saturated rings. The molecule has 96 valence electrons. The van der Waals surface area contributed by atoms with Gasteiger partial charge in [-0.05, 0) is 24.3 Å². The molecule has 3 heterocycles. The Bertz CT molecular complexity index is 757. The van der Waals surface area contributed by atoms with Crippen molar-refractivity contribution in [3.63, 3.8) is 0 Å². The third-order valence-corrected chi connectivity index (χ3v) is 4.21. The van der Waals surface area contributed by atoms with Crippen LogP contribution in [0.15, 0.2) is 36.7 Å². The van der Waals surface area contributed by atoms with Gasteiger partial charge in [-0.3, -0.25) is 4.79 Å². The van der Waals surface area contributed by atoms with Gasteiger partial charge in [0.25, 0.3) is 5.91 Å². The summed E-state index contributed by atoms with van der Waals surface area (Å²) in [5.74, 6) is -0.0467. The lowest BCUT2D eigenvalue weighted by molar-refractivity contribution is 0.0967. The number of fused-ring (bicyclic) bond motifs is 1. The van der Waals surface area contributed by atoms with Gasteiger partial charge >= 0.3 is 0 Å². The Hall–Kier alpha value is -2.14. The van der Waals surface area contributed by atoms with Crippen LogP contribution in [0.1, 0.15) is 9.67 Å². The van der Waals surface area contributed by atoms with Crippen LogP contribution in [0, 0.1) is 0 Å². The van der Waals surface area contributed by atoms with E-state index in [1.54, 1.807) is 13.2 Å². The number of carbonyl (C=O) groups is 1. The van der Waals surface area contributed by atoms with Crippen molar-refractivity contribution in [2.24, 2.45) is 7.05 Å². The van der Waals surface area contributed by atoms with E-state index in [9.17, 15) is 4.79 Å². The van der Waals surface area contributed by atoms with Gasteiger partial charge in [0.1, 0.15) is 5.65 Å². The zero-order valence-electron chi connectivity index (χ0n) is 10.7. The van der Waals surface area contributed by atoms with Crippen molar-refractivity contribution in [1.29, 1.82) is 0 Å². The molecule has 1 N–H and O–H groups in total. The first kappa shape index (κ1) is 11.9. The van der Waals surface area contributed by atoms with Gasteiger partial charge in [-0.2, -0.15) is 0 Å². The number of hydrogen-bond acceptors (Lipinski definition) is 3. The Morgan fingerprint density at radius 2 is 2.16 bits per heavy atom. The quantitative estimate of drug-likeness (QED) is 0.779. The molecule has 3 aromatic heterocycles. The van der Waals surface area contributed by atoms with Gasteiger partial charge in [0.05, 0.1) is 4.88 Å². The topological polar surface area (TPSA) is 46.9 Å². The minimum absolute atomic E-state index is 0.0467. The summed E-state index contributed by atoms with van der Waals surface area (Å²) in [5, 5.41) is 3.75. The minimum Gasteiger partial charge on any atom is -0.354 e. The molecule has 4 nitrogen and oxygen atoms in total. The summed E-state index contributed by atoms with van der Waals surface area (Å²) in [6, 6.07) is 7.88. The molecule has 1 amide bonds. The smallest absolute Gasteiger partial charge is 0.261 e. The molecule has 0 saturated carbocycles. The molecule has 0 unspecified atom stereocenters. The summed E-state index contributed by atoms with van der Waals surface area (Å²) < 4.78 is 1.99. The van der Waals surface area contributed by atoms with Crippen molar-refractivity contribution >= 4 is 28.3 Å². The highest BCUT2D eigenvalue weighted by Gasteiger charge is 2.12. The number of rotatable bonds is 2. The molecule has 19 heavy (non-hydrogen) atoms. The molecule has 3 aromatic rings. The number of nitrogens with one attached hydrogen (secondary N) is 1. The summed E-state index contributed by atoms with van der Waals surface area (Å²) >= 11 is 1.49. The zero-order chi connectivity index (χ0) is 13.4. The molecule has 0 atom stereocenters. The van der Waals surface area contributed by atoms with Gasteiger partial charge < -0.3 is 9.88 Å². The second-order valence-corrected chi connectivity index (χ2v) is 5.35. The van der Waals surface area contributed by atoms with Gasteiger partial charge in [0.15, 0.2) is 0 Å². The van der Waals surface area contributed by atoms with Gasteiger partial charge in [0, 0.05) is 42.3 Å². The molecule has 0 radical (unpaired) electrons. The van der Waals surface area contributed by atoms with Crippen LogP contribution in [0.2, 0.25) is 0 Å². The Balaban J connectivity index is 2.14. The molecule has 0 bridgehead atoms. The number of nitrogens with zero attached hydrogens (tertiary/aromatic N) is 2. The van der Waals surface area contributed by atoms with Crippen LogP contribution >= 0.6 is 11.3 Å². The second kappa shape index (κ2) is 4.51. The molecule has 0 saturated heterocycles. The average molecular weight is 271 g/mol. The molecule has 0 aromatic carbocycles.